The van der Waals surface area contributed by atoms with Gasteiger partial charge < -0.3 is 19.6 Å². The number of carbonyl (C=O) groups excluding carboxylic acids is 2. The lowest BCUT2D eigenvalue weighted by Gasteiger charge is -2.45. The zero-order valence-corrected chi connectivity index (χ0v) is 23.5. The lowest BCUT2D eigenvalue weighted by atomic mass is 9.95. The lowest BCUT2D eigenvalue weighted by molar-refractivity contribution is -0.139. The van der Waals surface area contributed by atoms with E-state index in [1.54, 1.807) is 9.80 Å². The number of fused-ring (bicyclic) bond motifs is 6. The van der Waals surface area contributed by atoms with Crippen molar-refractivity contribution < 1.29 is 32.2 Å². The highest BCUT2D eigenvalue weighted by atomic mass is 35.5. The van der Waals surface area contributed by atoms with E-state index in [9.17, 15) is 27.5 Å². The Bertz CT molecular complexity index is 1380. The maximum absolute atomic E-state index is 14.3. The Labute approximate surface area is 231 Å². The molecular weight excluding hydrogens is 553 g/mol. The number of hydrazone groups is 1. The van der Waals surface area contributed by atoms with Gasteiger partial charge in [-0.3, -0.25) is 13.9 Å². The van der Waals surface area contributed by atoms with Crippen molar-refractivity contribution >= 4 is 39.3 Å². The van der Waals surface area contributed by atoms with E-state index in [1.807, 2.05) is 13.8 Å². The Kier molecular flexibility index (Phi) is 7.17. The zero-order valence-electron chi connectivity index (χ0n) is 21.9. The minimum atomic E-state index is -3.86. The monoisotopic (exact) mass is 583 g/mol. The fourth-order valence-electron chi connectivity index (χ4n) is 5.65. The molecule has 0 saturated carbocycles. The van der Waals surface area contributed by atoms with Gasteiger partial charge in [-0.05, 0) is 39.2 Å². The number of sulfonamides is 1. The number of amides is 2. The van der Waals surface area contributed by atoms with Crippen LogP contribution in [0, 0.1) is 11.7 Å². The van der Waals surface area contributed by atoms with Crippen LogP contribution in [-0.4, -0.2) is 94.9 Å². The number of carbonyl (C=O) groups is 2. The van der Waals surface area contributed by atoms with Crippen LogP contribution in [0.1, 0.15) is 38.7 Å². The molecule has 0 aliphatic carbocycles. The average Bonchev–Trinajstić information content (AvgIpc) is 3.20. The molecule has 0 spiro atoms. The highest BCUT2D eigenvalue weighted by molar-refractivity contribution is 7.89. The fourth-order valence-corrected chi connectivity index (χ4v) is 7.11. The first-order chi connectivity index (χ1) is 18.5. The number of hydrogen-bond donors (Lipinski definition) is 1. The molecule has 4 aliphatic rings. The first-order valence-electron chi connectivity index (χ1n) is 12.9. The normalized spacial score (nSPS) is 27.4. The van der Waals surface area contributed by atoms with Crippen molar-refractivity contribution in [2.24, 2.45) is 11.0 Å². The lowest BCUT2D eigenvalue weighted by Crippen LogP contribution is -2.62. The topological polar surface area (TPSA) is 123 Å². The molecule has 0 aromatic heterocycles. The summed E-state index contributed by atoms with van der Waals surface area (Å²) in [6, 6.07) is 1.17. The van der Waals surface area contributed by atoms with Gasteiger partial charge in [0.15, 0.2) is 5.84 Å². The van der Waals surface area contributed by atoms with Crippen LogP contribution < -0.4 is 4.74 Å². The summed E-state index contributed by atoms with van der Waals surface area (Å²) >= 11 is 6.05. The van der Waals surface area contributed by atoms with E-state index < -0.39 is 45.4 Å². The molecule has 2 amide bonds. The number of ether oxygens (including phenoxy) is 1. The van der Waals surface area contributed by atoms with Crippen LogP contribution in [0.2, 0.25) is 5.02 Å². The molecule has 11 nitrogen and oxygen atoms in total. The zero-order chi connectivity index (χ0) is 28.2. The van der Waals surface area contributed by atoms with Gasteiger partial charge in [0.05, 0.1) is 23.9 Å². The first kappa shape index (κ1) is 27.5. The van der Waals surface area contributed by atoms with E-state index >= 15 is 0 Å². The summed E-state index contributed by atoms with van der Waals surface area (Å²) < 4.78 is 47.9. The van der Waals surface area contributed by atoms with Crippen molar-refractivity contribution in [2.75, 3.05) is 32.5 Å². The molecule has 212 valence electrons. The summed E-state index contributed by atoms with van der Waals surface area (Å²) in [5, 5.41) is 16.7. The Morgan fingerprint density at radius 1 is 1.23 bits per heavy atom. The smallest absolute Gasteiger partial charge is 0.273 e. The van der Waals surface area contributed by atoms with Crippen LogP contribution >= 0.6 is 11.6 Å². The van der Waals surface area contributed by atoms with E-state index in [-0.39, 0.29) is 47.3 Å². The molecule has 5 rings (SSSR count). The van der Waals surface area contributed by atoms with Crippen LogP contribution in [0.5, 0.6) is 5.75 Å². The van der Waals surface area contributed by atoms with Gasteiger partial charge in [-0.15, -0.1) is 0 Å². The molecule has 14 heteroatoms. The van der Waals surface area contributed by atoms with Crippen molar-refractivity contribution in [3.8, 4) is 5.75 Å². The molecule has 4 aliphatic heterocycles. The second kappa shape index (κ2) is 10.2. The van der Waals surface area contributed by atoms with Gasteiger partial charge in [0.1, 0.15) is 35.0 Å². The molecule has 39 heavy (non-hydrogen) atoms. The van der Waals surface area contributed by atoms with Crippen LogP contribution in [0.3, 0.4) is 0 Å². The number of piperazine rings is 1. The summed E-state index contributed by atoms with van der Waals surface area (Å²) in [4.78, 5) is 30.4. The minimum absolute atomic E-state index is 0.0125. The molecule has 2 bridgehead atoms. The summed E-state index contributed by atoms with van der Waals surface area (Å²) in [6.07, 6.45) is 1.44. The van der Waals surface area contributed by atoms with Gasteiger partial charge in [0, 0.05) is 37.8 Å². The predicted octanol–water partition coefficient (Wildman–Crippen LogP) is 2.28. The Hall–Kier alpha value is -3.06. The maximum Gasteiger partial charge on any atom is 0.273 e. The molecule has 1 aromatic carbocycles. The number of rotatable bonds is 1. The van der Waals surface area contributed by atoms with Crippen molar-refractivity contribution in [3.05, 3.63) is 40.0 Å². The van der Waals surface area contributed by atoms with E-state index in [1.165, 1.54) is 13.1 Å². The Morgan fingerprint density at radius 3 is 2.69 bits per heavy atom. The fraction of sp³-hybridized carbons (Fsp3) is 0.560. The maximum atomic E-state index is 14.3. The third kappa shape index (κ3) is 4.58. The van der Waals surface area contributed by atoms with Crippen molar-refractivity contribution in [3.63, 3.8) is 0 Å². The minimum Gasteiger partial charge on any atom is -0.509 e. The highest BCUT2D eigenvalue weighted by Crippen LogP contribution is 2.43. The number of amidine groups is 1. The second-order valence-electron chi connectivity index (χ2n) is 10.2. The Balaban J connectivity index is 1.66. The summed E-state index contributed by atoms with van der Waals surface area (Å²) in [7, 11) is -2.49. The van der Waals surface area contributed by atoms with Crippen molar-refractivity contribution in [1.82, 2.24) is 19.1 Å². The number of aliphatic hydroxyl groups excluding tert-OH is 1. The van der Waals surface area contributed by atoms with E-state index in [2.05, 4.69) is 5.10 Å². The Morgan fingerprint density at radius 2 is 1.97 bits per heavy atom. The number of benzene rings is 1. The molecule has 1 aromatic rings. The number of nitrogens with zero attached hydrogens (tertiary/aromatic N) is 5. The molecule has 3 atom stereocenters. The molecule has 1 saturated heterocycles. The van der Waals surface area contributed by atoms with Crippen molar-refractivity contribution in [1.29, 1.82) is 0 Å². The van der Waals surface area contributed by atoms with Gasteiger partial charge in [-0.2, -0.15) is 5.10 Å². The molecule has 2 unspecified atom stereocenters. The molecule has 0 radical (unpaired) electrons. The van der Waals surface area contributed by atoms with Gasteiger partial charge >= 0.3 is 0 Å². The summed E-state index contributed by atoms with van der Waals surface area (Å²) in [5.41, 5.74) is 0.342. The number of hydrogen-bond acceptors (Lipinski definition) is 8. The number of halogens is 2. The van der Waals surface area contributed by atoms with Crippen LogP contribution in [0.4, 0.5) is 4.39 Å². The second-order valence-corrected chi connectivity index (χ2v) is 12.7. The molecule has 1 fully saturated rings. The van der Waals surface area contributed by atoms with E-state index in [0.29, 0.717) is 37.9 Å². The van der Waals surface area contributed by atoms with Gasteiger partial charge in [-0.25, -0.2) is 17.8 Å². The summed E-state index contributed by atoms with van der Waals surface area (Å²) in [6.45, 7) is 4.41. The SMILES string of the molecule is CCN1C[C@H](C)N2C(=C(O)C3C(=O)N4Cc5cc(Cl)c(F)cc5OCCCCCS(=O)(=O)N(C)C(=N4)C32)C1=O. The molecule has 4 heterocycles. The number of aliphatic hydroxyl groups is 1. The van der Waals surface area contributed by atoms with Crippen molar-refractivity contribution in [2.45, 2.75) is 51.7 Å². The van der Waals surface area contributed by atoms with E-state index in [4.69, 9.17) is 16.3 Å². The molecular formula is C25H31ClFN5O6S. The first-order valence-corrected chi connectivity index (χ1v) is 14.9. The third-order valence-electron chi connectivity index (χ3n) is 7.72. The molecule has 1 N–H and O–H groups in total. The number of likely N-dealkylation sites (N-methyl/N-ethyl adjacent to an activating group) is 2. The van der Waals surface area contributed by atoms with E-state index in [0.717, 1.165) is 15.4 Å². The van der Waals surface area contributed by atoms with Crippen LogP contribution in [0.15, 0.2) is 28.7 Å². The highest BCUT2D eigenvalue weighted by Gasteiger charge is 2.58. The predicted molar refractivity (Wildman–Crippen MR) is 141 cm³/mol. The largest absolute Gasteiger partial charge is 0.509 e. The van der Waals surface area contributed by atoms with Crippen LogP contribution in [-0.2, 0) is 26.2 Å². The van der Waals surface area contributed by atoms with Crippen LogP contribution in [0.25, 0.3) is 0 Å². The van der Waals surface area contributed by atoms with Gasteiger partial charge in [0.25, 0.3) is 11.8 Å². The average molecular weight is 584 g/mol. The standard InChI is InChI=1S/C25H31ClFN5O6S/c1-4-30-12-14(2)32-20-19(22(33)21(32)25(30)35)24(34)31-13-15-10-16(26)17(27)11-18(15)38-8-6-5-7-9-39(36,37)29(3)23(20)28-31/h10-11,14,19-20,33H,4-9,12-13H2,1-3H3/t14-,19?,20?/m0/s1. The van der Waals surface area contributed by atoms with Gasteiger partial charge in [-0.1, -0.05) is 11.6 Å². The summed E-state index contributed by atoms with van der Waals surface area (Å²) in [5.74, 6) is -3.39. The third-order valence-corrected chi connectivity index (χ3v) is 9.83. The van der Waals surface area contributed by atoms with Gasteiger partial charge in [0.2, 0.25) is 10.0 Å². The quantitative estimate of drug-likeness (QED) is 0.538.